The third kappa shape index (κ3) is 8.32. The minimum Gasteiger partial charge on any atom is -0.244 e. The van der Waals surface area contributed by atoms with Gasteiger partial charge in [-0.15, -0.1) is 0 Å². The van der Waals surface area contributed by atoms with Crippen LogP contribution in [0.1, 0.15) is 39.5 Å². The second kappa shape index (κ2) is 8.63. The predicted molar refractivity (Wildman–Crippen MR) is 91.0 cm³/mol. The van der Waals surface area contributed by atoms with E-state index in [1.807, 2.05) is 0 Å². The molecule has 0 aromatic rings. The molecule has 5 heteroatoms. The first-order chi connectivity index (χ1) is 6.02. The lowest BCUT2D eigenvalue weighted by molar-refractivity contribution is 0.447. The Labute approximate surface area is 120 Å². The van der Waals surface area contributed by atoms with Crippen LogP contribution in [0.2, 0.25) is 0 Å². The first-order valence-corrected chi connectivity index (χ1v) is 13.9. The third-order valence-electron chi connectivity index (χ3n) is 1.81. The van der Waals surface area contributed by atoms with Gasteiger partial charge in [0.05, 0.1) is 0 Å². The summed E-state index contributed by atoms with van der Waals surface area (Å²) in [6, 6.07) is 0. The average molecular weight is 541 g/mol. The minimum atomic E-state index is -0.566. The van der Waals surface area contributed by atoms with Gasteiger partial charge in [-0.3, -0.25) is 0 Å². The Balaban J connectivity index is 3.88. The van der Waals surface area contributed by atoms with Gasteiger partial charge >= 0.3 is 0 Å². The summed E-state index contributed by atoms with van der Waals surface area (Å²) in [5.74, 6) is 0. The van der Waals surface area contributed by atoms with E-state index >= 15 is 0 Å². The second-order valence-corrected chi connectivity index (χ2v) is 30.9. The standard InChI is InChI=1S/C8H18I3NS/c1-3-5-7-12(8-6-4-2)13(9,10)11/h3-8H2,1-2H3. The van der Waals surface area contributed by atoms with Crippen molar-refractivity contribution in [3.05, 3.63) is 0 Å². The van der Waals surface area contributed by atoms with Crippen LogP contribution in [0.25, 0.3) is 0 Å². The van der Waals surface area contributed by atoms with E-state index in [9.17, 15) is 0 Å². The molecule has 13 heavy (non-hydrogen) atoms. The van der Waals surface area contributed by atoms with E-state index in [0.29, 0.717) is 0 Å². The van der Waals surface area contributed by atoms with Gasteiger partial charge in [-0.2, -0.15) is 0 Å². The van der Waals surface area contributed by atoms with Gasteiger partial charge in [-0.1, -0.05) is 26.7 Å². The van der Waals surface area contributed by atoms with Crippen LogP contribution in [0.15, 0.2) is 0 Å². The molecule has 0 aliphatic rings. The molecule has 0 heterocycles. The molecule has 1 nitrogen and oxygen atoms in total. The maximum absolute atomic E-state index is 2.65. The fraction of sp³-hybridized carbons (Fsp3) is 1.00. The largest absolute Gasteiger partial charge is 0.244 e. The van der Waals surface area contributed by atoms with Crippen LogP contribution in [0.5, 0.6) is 0 Å². The highest BCUT2D eigenvalue weighted by Gasteiger charge is 2.20. The number of hydrogen-bond donors (Lipinski definition) is 0. The highest BCUT2D eigenvalue weighted by molar-refractivity contribution is 14.5. The molecule has 0 N–H and O–H groups in total. The van der Waals surface area contributed by atoms with E-state index in [4.69, 9.17) is 0 Å². The summed E-state index contributed by atoms with van der Waals surface area (Å²) in [4.78, 5) is 0. The first-order valence-electron chi connectivity index (χ1n) is 4.69. The van der Waals surface area contributed by atoms with Crippen LogP contribution >= 0.6 is 65.3 Å². The second-order valence-electron chi connectivity index (χ2n) is 3.02. The summed E-state index contributed by atoms with van der Waals surface area (Å²) in [5, 5.41) is 0. The zero-order valence-electron chi connectivity index (χ0n) is 8.23. The van der Waals surface area contributed by atoms with Crippen LogP contribution in [0.4, 0.5) is 0 Å². The Kier molecular flexibility index (Phi) is 10.3. The molecule has 0 aromatic carbocycles. The summed E-state index contributed by atoms with van der Waals surface area (Å²) in [6.45, 7) is 7.09. The molecule has 82 valence electrons. The first kappa shape index (κ1) is 15.5. The van der Waals surface area contributed by atoms with Crippen LogP contribution in [-0.4, -0.2) is 17.4 Å². The lowest BCUT2D eigenvalue weighted by atomic mass is 10.3. The van der Waals surface area contributed by atoms with Crippen LogP contribution in [0.3, 0.4) is 0 Å². The molecular weight excluding hydrogens is 523 g/mol. The molecule has 0 amide bonds. The molecule has 0 rings (SSSR count). The lowest BCUT2D eigenvalue weighted by Crippen LogP contribution is -2.21. The Hall–Kier alpha value is 2.50. The van der Waals surface area contributed by atoms with Crippen LogP contribution in [0, 0.1) is 0 Å². The van der Waals surface area contributed by atoms with Crippen molar-refractivity contribution >= 4 is 65.3 Å². The van der Waals surface area contributed by atoms with E-state index < -0.39 is 1.73 Å². The lowest BCUT2D eigenvalue weighted by Gasteiger charge is -2.33. The summed E-state index contributed by atoms with van der Waals surface area (Å²) in [7, 11) is 0. The monoisotopic (exact) mass is 541 g/mol. The van der Waals surface area contributed by atoms with Crippen molar-refractivity contribution < 1.29 is 0 Å². The summed E-state index contributed by atoms with van der Waals surface area (Å²) in [5.41, 5.74) is 0. The quantitative estimate of drug-likeness (QED) is 0.377. The molecule has 0 atom stereocenters. The molecule has 0 unspecified atom stereocenters. The highest BCUT2D eigenvalue weighted by atomic mass is 127. The summed E-state index contributed by atoms with van der Waals surface area (Å²) in [6.07, 6.45) is 5.30. The summed E-state index contributed by atoms with van der Waals surface area (Å²) >= 11 is 7.80. The zero-order chi connectivity index (χ0) is 10.3. The highest BCUT2D eigenvalue weighted by Crippen LogP contribution is 2.73. The van der Waals surface area contributed by atoms with Gasteiger partial charge in [-0.25, -0.2) is 4.31 Å². The zero-order valence-corrected chi connectivity index (χ0v) is 15.5. The van der Waals surface area contributed by atoms with Crippen LogP contribution in [-0.2, 0) is 0 Å². The van der Waals surface area contributed by atoms with Gasteiger partial charge in [0.1, 0.15) is 0 Å². The molecule has 0 aromatic heterocycles. The van der Waals surface area contributed by atoms with Crippen molar-refractivity contribution in [1.29, 1.82) is 0 Å². The van der Waals surface area contributed by atoms with E-state index in [0.717, 1.165) is 0 Å². The van der Waals surface area contributed by atoms with Crippen molar-refractivity contribution in [2.24, 2.45) is 0 Å². The SMILES string of the molecule is CCCCN(CCCC)S(I)(I)I. The molecule has 0 aliphatic heterocycles. The Morgan fingerprint density at radius 1 is 0.923 bits per heavy atom. The smallest absolute Gasteiger partial charge is 0.0111 e. The molecule has 0 bridgehead atoms. The van der Waals surface area contributed by atoms with Crippen molar-refractivity contribution in [1.82, 2.24) is 4.31 Å². The van der Waals surface area contributed by atoms with Crippen molar-refractivity contribution in [2.75, 3.05) is 13.1 Å². The molecule has 0 aliphatic carbocycles. The van der Waals surface area contributed by atoms with Gasteiger partial charge in [-0.05, 0) is 14.6 Å². The number of nitrogens with zero attached hydrogens (tertiary/aromatic N) is 1. The van der Waals surface area contributed by atoms with Gasteiger partial charge in [0.2, 0.25) is 0 Å². The molecule has 0 fully saturated rings. The van der Waals surface area contributed by atoms with Gasteiger partial charge in [0, 0.05) is 76.7 Å². The maximum Gasteiger partial charge on any atom is 0.0111 e. The minimum absolute atomic E-state index is 0.566. The number of unbranched alkanes of at least 4 members (excludes halogenated alkanes) is 2. The van der Waals surface area contributed by atoms with E-state index in [2.05, 4.69) is 81.8 Å². The molecule has 0 spiro atoms. The molecule has 0 radical (unpaired) electrons. The fourth-order valence-corrected chi connectivity index (χ4v) is 5.21. The maximum atomic E-state index is 2.65. The van der Waals surface area contributed by atoms with Crippen molar-refractivity contribution in [2.45, 2.75) is 39.5 Å². The summed E-state index contributed by atoms with van der Waals surface area (Å²) < 4.78 is 2.09. The normalized spacial score (nSPS) is 13.7. The molecular formula is C8H18I3NS. The number of hydrogen-bond acceptors (Lipinski definition) is 1. The van der Waals surface area contributed by atoms with Crippen LogP contribution < -0.4 is 0 Å². The Morgan fingerprint density at radius 2 is 1.31 bits per heavy atom. The topological polar surface area (TPSA) is 3.24 Å². The average Bonchev–Trinajstić information content (AvgIpc) is 2.02. The van der Waals surface area contributed by atoms with Crippen molar-refractivity contribution in [3.63, 3.8) is 0 Å². The Bertz CT molecular complexity index is 119. The van der Waals surface area contributed by atoms with E-state index in [-0.39, 0.29) is 0 Å². The molecule has 0 saturated carbocycles. The van der Waals surface area contributed by atoms with Gasteiger partial charge in [0.15, 0.2) is 0 Å². The number of halogens is 3. The van der Waals surface area contributed by atoms with Gasteiger partial charge in [0.25, 0.3) is 0 Å². The van der Waals surface area contributed by atoms with E-state index in [1.54, 1.807) is 0 Å². The van der Waals surface area contributed by atoms with E-state index in [1.165, 1.54) is 38.8 Å². The molecule has 0 saturated heterocycles. The predicted octanol–water partition coefficient (Wildman–Crippen LogP) is 5.66. The van der Waals surface area contributed by atoms with Crippen molar-refractivity contribution in [3.8, 4) is 0 Å². The van der Waals surface area contributed by atoms with Gasteiger partial charge < -0.3 is 0 Å². The Morgan fingerprint density at radius 3 is 1.54 bits per heavy atom. The number of rotatable bonds is 7. The fourth-order valence-electron chi connectivity index (χ4n) is 0.988. The third-order valence-corrected chi connectivity index (χ3v) is 7.78.